The van der Waals surface area contributed by atoms with Crippen LogP contribution < -0.4 is 29.1 Å². The summed E-state index contributed by atoms with van der Waals surface area (Å²) in [6.45, 7) is 7.83. The first kappa shape index (κ1) is 33.0. The molecule has 0 saturated carbocycles. The normalized spacial score (nSPS) is 14.4. The van der Waals surface area contributed by atoms with Gasteiger partial charge in [-0.1, -0.05) is 41.7 Å². The molecule has 1 atom stereocenters. The number of carbonyl (C=O) groups excluding carboxylic acids is 1. The van der Waals surface area contributed by atoms with Gasteiger partial charge in [0.25, 0.3) is 5.56 Å². The highest BCUT2D eigenvalue weighted by Gasteiger charge is 2.35. The zero-order valence-electron chi connectivity index (χ0n) is 26.0. The van der Waals surface area contributed by atoms with Gasteiger partial charge in [-0.05, 0) is 97.8 Å². The Kier molecular flexibility index (Phi) is 10.3. The average molecular weight is 750 g/mol. The van der Waals surface area contributed by atoms with E-state index >= 15 is 0 Å². The number of nitrogens with zero attached hydrogens (tertiary/aromatic N) is 3. The Morgan fingerprint density at radius 3 is 2.57 bits per heavy atom. The molecule has 4 aromatic rings. The molecule has 0 radical (unpaired) electrons. The standard InChI is InChI=1S/C35H32IN3O6S/c1-6-43-34(41)30-21(4)38-35-39(31(30)25-9-7-8-10-27(25)45-20(2)3)33(40)29(46-35)17-24-15-26(36)32(28(16-24)42-5)44-19-23-13-11-22(18-37)12-14-23/h7-17,20,31H,6,19H2,1-5H3/b29-17-/t31-/m1/s1. The smallest absolute Gasteiger partial charge is 0.338 e. The number of esters is 1. The average Bonchev–Trinajstić information content (AvgIpc) is 3.33. The third-order valence-corrected chi connectivity index (χ3v) is 8.89. The van der Waals surface area contributed by atoms with Gasteiger partial charge in [0.2, 0.25) is 0 Å². The topological polar surface area (TPSA) is 112 Å². The van der Waals surface area contributed by atoms with E-state index in [1.807, 2.05) is 62.4 Å². The second-order valence-corrected chi connectivity index (χ2v) is 12.8. The Bertz CT molecular complexity index is 2040. The lowest BCUT2D eigenvalue weighted by molar-refractivity contribution is -0.139. The second kappa shape index (κ2) is 14.3. The number of hydrogen-bond acceptors (Lipinski definition) is 9. The van der Waals surface area contributed by atoms with Crippen LogP contribution in [-0.2, 0) is 16.1 Å². The van der Waals surface area contributed by atoms with Crippen molar-refractivity contribution in [1.82, 2.24) is 4.57 Å². The number of carbonyl (C=O) groups is 1. The van der Waals surface area contributed by atoms with Gasteiger partial charge < -0.3 is 18.9 Å². The highest BCUT2D eigenvalue weighted by molar-refractivity contribution is 14.1. The molecule has 5 rings (SSSR count). The predicted molar refractivity (Wildman–Crippen MR) is 184 cm³/mol. The molecule has 2 heterocycles. The van der Waals surface area contributed by atoms with Crippen molar-refractivity contribution in [2.75, 3.05) is 13.7 Å². The third-order valence-electron chi connectivity index (χ3n) is 7.11. The molecule has 46 heavy (non-hydrogen) atoms. The Morgan fingerprint density at radius 1 is 1.15 bits per heavy atom. The van der Waals surface area contributed by atoms with E-state index in [-0.39, 0.29) is 18.3 Å². The maximum Gasteiger partial charge on any atom is 0.338 e. The number of allylic oxidation sites excluding steroid dienone is 1. The highest BCUT2D eigenvalue weighted by Crippen LogP contribution is 2.37. The van der Waals surface area contributed by atoms with Crippen LogP contribution in [0.3, 0.4) is 0 Å². The molecule has 0 unspecified atom stereocenters. The number of thiazole rings is 1. The molecule has 0 N–H and O–H groups in total. The van der Waals surface area contributed by atoms with Crippen LogP contribution in [0.1, 0.15) is 56.0 Å². The van der Waals surface area contributed by atoms with E-state index in [0.717, 1.165) is 14.7 Å². The molecule has 1 aliphatic heterocycles. The number of hydrogen-bond donors (Lipinski definition) is 0. The summed E-state index contributed by atoms with van der Waals surface area (Å²) in [6.07, 6.45) is 1.66. The van der Waals surface area contributed by atoms with Crippen molar-refractivity contribution < 1.29 is 23.7 Å². The summed E-state index contributed by atoms with van der Waals surface area (Å²) >= 11 is 3.43. The molecule has 236 valence electrons. The fourth-order valence-corrected chi connectivity index (χ4v) is 6.93. The van der Waals surface area contributed by atoms with Crippen molar-refractivity contribution in [2.24, 2.45) is 4.99 Å². The summed E-state index contributed by atoms with van der Waals surface area (Å²) < 4.78 is 26.1. The molecule has 1 aliphatic rings. The van der Waals surface area contributed by atoms with Crippen LogP contribution in [0.5, 0.6) is 17.2 Å². The van der Waals surface area contributed by atoms with Crippen molar-refractivity contribution >= 4 is 46.0 Å². The van der Waals surface area contributed by atoms with E-state index in [4.69, 9.17) is 24.2 Å². The van der Waals surface area contributed by atoms with Crippen molar-refractivity contribution in [3.05, 3.63) is 117 Å². The largest absolute Gasteiger partial charge is 0.493 e. The van der Waals surface area contributed by atoms with Gasteiger partial charge in [0.15, 0.2) is 16.3 Å². The minimum atomic E-state index is -0.792. The number of fused-ring (bicyclic) bond motifs is 1. The lowest BCUT2D eigenvalue weighted by atomic mass is 9.95. The molecule has 0 bridgehead atoms. The number of rotatable bonds is 10. The lowest BCUT2D eigenvalue weighted by Gasteiger charge is -2.26. The van der Waals surface area contributed by atoms with Crippen LogP contribution >= 0.6 is 33.9 Å². The molecular formula is C35H32IN3O6S. The Labute approximate surface area is 284 Å². The van der Waals surface area contributed by atoms with E-state index in [2.05, 4.69) is 33.7 Å². The molecule has 0 amide bonds. The molecular weight excluding hydrogens is 717 g/mol. The van der Waals surface area contributed by atoms with Crippen LogP contribution in [0, 0.1) is 14.9 Å². The Balaban J connectivity index is 1.58. The fraction of sp³-hybridized carbons (Fsp3) is 0.257. The molecule has 1 aromatic heterocycles. The molecule has 0 aliphatic carbocycles. The zero-order chi connectivity index (χ0) is 33.0. The Morgan fingerprint density at radius 2 is 1.89 bits per heavy atom. The van der Waals surface area contributed by atoms with Crippen LogP contribution in [-0.4, -0.2) is 30.4 Å². The number of methoxy groups -OCH3 is 1. The molecule has 3 aromatic carbocycles. The number of halogens is 1. The van der Waals surface area contributed by atoms with Gasteiger partial charge >= 0.3 is 5.97 Å². The molecule has 9 nitrogen and oxygen atoms in total. The van der Waals surface area contributed by atoms with Gasteiger partial charge in [0.1, 0.15) is 18.4 Å². The SMILES string of the molecule is CCOC(=O)C1=C(C)N=c2s/c(=C\c3cc(I)c(OCc4ccc(C#N)cc4)c(OC)c3)c(=O)n2[C@@H]1c1ccccc1OC(C)C. The highest BCUT2D eigenvalue weighted by atomic mass is 127. The van der Waals surface area contributed by atoms with Crippen molar-refractivity contribution in [3.8, 4) is 23.3 Å². The van der Waals surface area contributed by atoms with E-state index in [1.165, 1.54) is 11.3 Å². The minimum Gasteiger partial charge on any atom is -0.493 e. The van der Waals surface area contributed by atoms with Crippen molar-refractivity contribution in [3.63, 3.8) is 0 Å². The van der Waals surface area contributed by atoms with E-state index in [0.29, 0.717) is 55.6 Å². The van der Waals surface area contributed by atoms with E-state index in [9.17, 15) is 9.59 Å². The second-order valence-electron chi connectivity index (χ2n) is 10.6. The van der Waals surface area contributed by atoms with Crippen molar-refractivity contribution in [2.45, 2.75) is 46.4 Å². The zero-order valence-corrected chi connectivity index (χ0v) is 29.0. The maximum absolute atomic E-state index is 14.2. The first-order valence-corrected chi connectivity index (χ1v) is 16.5. The van der Waals surface area contributed by atoms with Gasteiger partial charge in [-0.15, -0.1) is 0 Å². The third kappa shape index (κ3) is 6.88. The lowest BCUT2D eigenvalue weighted by Crippen LogP contribution is -2.40. The quantitative estimate of drug-likeness (QED) is 0.152. The summed E-state index contributed by atoms with van der Waals surface area (Å²) in [5, 5.41) is 9.05. The Hall–Kier alpha value is -4.41. The van der Waals surface area contributed by atoms with Gasteiger partial charge in [-0.25, -0.2) is 9.79 Å². The number of nitriles is 1. The monoisotopic (exact) mass is 749 g/mol. The van der Waals surface area contributed by atoms with Crippen LogP contribution in [0.25, 0.3) is 6.08 Å². The fourth-order valence-electron chi connectivity index (χ4n) is 5.10. The van der Waals surface area contributed by atoms with Gasteiger partial charge in [-0.3, -0.25) is 9.36 Å². The predicted octanol–water partition coefficient (Wildman–Crippen LogP) is 5.65. The number of benzene rings is 3. The van der Waals surface area contributed by atoms with Crippen LogP contribution in [0.2, 0.25) is 0 Å². The summed E-state index contributed by atoms with van der Waals surface area (Å²) in [5.74, 6) is 1.13. The van der Waals surface area contributed by atoms with Gasteiger partial charge in [-0.2, -0.15) is 5.26 Å². The molecule has 11 heteroatoms. The first-order chi connectivity index (χ1) is 22.1. The summed E-state index contributed by atoms with van der Waals surface area (Å²) in [5.41, 5.74) is 3.38. The number of aromatic nitrogens is 1. The number of para-hydroxylation sites is 1. The van der Waals surface area contributed by atoms with Gasteiger partial charge in [0.05, 0.1) is 50.8 Å². The maximum atomic E-state index is 14.2. The van der Waals surface area contributed by atoms with Gasteiger partial charge in [0, 0.05) is 5.56 Å². The summed E-state index contributed by atoms with van der Waals surface area (Å²) in [4.78, 5) is 32.6. The molecule has 0 fully saturated rings. The van der Waals surface area contributed by atoms with E-state index in [1.54, 1.807) is 43.7 Å². The van der Waals surface area contributed by atoms with E-state index < -0.39 is 12.0 Å². The van der Waals surface area contributed by atoms with Crippen LogP contribution in [0.4, 0.5) is 0 Å². The number of ether oxygens (including phenoxy) is 4. The molecule has 0 spiro atoms. The summed E-state index contributed by atoms with van der Waals surface area (Å²) in [6, 6.07) is 19.7. The van der Waals surface area contributed by atoms with Crippen molar-refractivity contribution in [1.29, 1.82) is 5.26 Å². The van der Waals surface area contributed by atoms with Crippen LogP contribution in [0.15, 0.2) is 81.7 Å². The molecule has 0 saturated heterocycles. The minimum absolute atomic E-state index is 0.123. The summed E-state index contributed by atoms with van der Waals surface area (Å²) in [7, 11) is 1.56. The first-order valence-electron chi connectivity index (χ1n) is 14.6.